The van der Waals surface area contributed by atoms with Gasteiger partial charge in [-0.15, -0.1) is 0 Å². The lowest BCUT2D eigenvalue weighted by molar-refractivity contribution is -0.136. The molecule has 4 nitrogen and oxygen atoms in total. The Kier molecular flexibility index (Phi) is 4.17. The molecule has 0 saturated carbocycles. The molecule has 110 valence electrons. The van der Waals surface area contributed by atoms with Crippen molar-refractivity contribution in [3.05, 3.63) is 29.3 Å². The maximum atomic E-state index is 12.7. The lowest BCUT2D eigenvalue weighted by Gasteiger charge is -2.13. The summed E-state index contributed by atoms with van der Waals surface area (Å²) >= 11 is 0. The second-order valence-electron chi connectivity index (χ2n) is 4.74. The van der Waals surface area contributed by atoms with E-state index in [0.29, 0.717) is 19.8 Å². The van der Waals surface area contributed by atoms with Gasteiger partial charge in [-0.2, -0.15) is 13.2 Å². The van der Waals surface area contributed by atoms with Gasteiger partial charge in [0.1, 0.15) is 0 Å². The zero-order chi connectivity index (χ0) is 14.8. The van der Waals surface area contributed by atoms with Crippen molar-refractivity contribution in [1.29, 1.82) is 0 Å². The zero-order valence-corrected chi connectivity index (χ0v) is 10.7. The smallest absolute Gasteiger partial charge is 0.398 e. The molecule has 20 heavy (non-hydrogen) atoms. The minimum absolute atomic E-state index is 0.0505. The van der Waals surface area contributed by atoms with Gasteiger partial charge in [0.05, 0.1) is 12.2 Å². The summed E-state index contributed by atoms with van der Waals surface area (Å²) in [4.78, 5) is 11.8. The van der Waals surface area contributed by atoms with Crippen molar-refractivity contribution < 1.29 is 22.7 Å². The number of carbonyl (C=O) groups excluding carboxylic acids is 1. The standard InChI is InChI=1S/C13H15F3N2O2/c14-13(15,16)10-5-9(1-2-11(10)17)12(19)18-6-8-3-4-20-7-8/h1-2,5,8H,3-4,6-7,17H2,(H,18,19). The van der Waals surface area contributed by atoms with E-state index in [0.717, 1.165) is 18.6 Å². The number of hydrogen-bond donors (Lipinski definition) is 2. The quantitative estimate of drug-likeness (QED) is 0.837. The van der Waals surface area contributed by atoms with E-state index in [2.05, 4.69) is 5.32 Å². The fourth-order valence-corrected chi connectivity index (χ4v) is 2.03. The van der Waals surface area contributed by atoms with Crippen LogP contribution in [0.5, 0.6) is 0 Å². The molecule has 1 fully saturated rings. The third-order valence-corrected chi connectivity index (χ3v) is 3.20. The second-order valence-corrected chi connectivity index (χ2v) is 4.74. The Morgan fingerprint density at radius 3 is 2.80 bits per heavy atom. The van der Waals surface area contributed by atoms with Gasteiger partial charge in [-0.25, -0.2) is 0 Å². The van der Waals surface area contributed by atoms with Gasteiger partial charge in [-0.3, -0.25) is 4.79 Å². The number of rotatable bonds is 3. The van der Waals surface area contributed by atoms with Crippen LogP contribution in [0, 0.1) is 5.92 Å². The molecule has 1 aliphatic heterocycles. The number of nitrogens with two attached hydrogens (primary N) is 1. The average Bonchev–Trinajstić information content (AvgIpc) is 2.88. The van der Waals surface area contributed by atoms with Gasteiger partial charge >= 0.3 is 6.18 Å². The average molecular weight is 288 g/mol. The molecule has 1 unspecified atom stereocenters. The van der Waals surface area contributed by atoms with Crippen molar-refractivity contribution in [1.82, 2.24) is 5.32 Å². The number of alkyl halides is 3. The number of hydrogen-bond acceptors (Lipinski definition) is 3. The Labute approximate surface area is 114 Å². The number of ether oxygens (including phenoxy) is 1. The van der Waals surface area contributed by atoms with Crippen LogP contribution in [0.15, 0.2) is 18.2 Å². The number of nitrogen functional groups attached to an aromatic ring is 1. The number of benzene rings is 1. The van der Waals surface area contributed by atoms with Crippen LogP contribution in [-0.2, 0) is 10.9 Å². The van der Waals surface area contributed by atoms with Crippen molar-refractivity contribution >= 4 is 11.6 Å². The molecule has 1 amide bonds. The molecule has 1 aromatic carbocycles. The summed E-state index contributed by atoms with van der Waals surface area (Å²) in [7, 11) is 0. The number of halogens is 3. The number of amides is 1. The van der Waals surface area contributed by atoms with Crippen LogP contribution in [0.1, 0.15) is 22.3 Å². The first-order chi connectivity index (χ1) is 9.38. The van der Waals surface area contributed by atoms with E-state index in [1.165, 1.54) is 6.07 Å². The molecule has 3 N–H and O–H groups in total. The minimum atomic E-state index is -4.57. The highest BCUT2D eigenvalue weighted by Gasteiger charge is 2.33. The largest absolute Gasteiger partial charge is 0.418 e. The Morgan fingerprint density at radius 1 is 1.45 bits per heavy atom. The van der Waals surface area contributed by atoms with Crippen LogP contribution < -0.4 is 11.1 Å². The van der Waals surface area contributed by atoms with Crippen LogP contribution in [0.3, 0.4) is 0 Å². The van der Waals surface area contributed by atoms with Gasteiger partial charge in [0.2, 0.25) is 0 Å². The molecule has 0 radical (unpaired) electrons. The molecule has 1 atom stereocenters. The molecule has 0 aliphatic carbocycles. The van der Waals surface area contributed by atoms with Crippen molar-refractivity contribution in [3.63, 3.8) is 0 Å². The fourth-order valence-electron chi connectivity index (χ4n) is 2.03. The van der Waals surface area contributed by atoms with Crippen molar-refractivity contribution in [2.24, 2.45) is 5.92 Å². The first kappa shape index (κ1) is 14.6. The minimum Gasteiger partial charge on any atom is -0.398 e. The van der Waals surface area contributed by atoms with Crippen LogP contribution in [-0.4, -0.2) is 25.7 Å². The molecule has 0 bridgehead atoms. The SMILES string of the molecule is Nc1ccc(C(=O)NCC2CCOC2)cc1C(F)(F)F. The molecule has 1 saturated heterocycles. The van der Waals surface area contributed by atoms with E-state index < -0.39 is 23.3 Å². The fraction of sp³-hybridized carbons (Fsp3) is 0.462. The molecule has 2 rings (SSSR count). The van der Waals surface area contributed by atoms with E-state index in [4.69, 9.17) is 10.5 Å². The van der Waals surface area contributed by atoms with Crippen molar-refractivity contribution in [3.8, 4) is 0 Å². The highest BCUT2D eigenvalue weighted by molar-refractivity contribution is 5.94. The molecule has 0 aromatic heterocycles. The zero-order valence-electron chi connectivity index (χ0n) is 10.7. The summed E-state index contributed by atoms with van der Waals surface area (Å²) in [5, 5.41) is 2.61. The third-order valence-electron chi connectivity index (χ3n) is 3.20. The van der Waals surface area contributed by atoms with Gasteiger partial charge in [-0.05, 0) is 24.6 Å². The summed E-state index contributed by atoms with van der Waals surface area (Å²) < 4.78 is 43.2. The summed E-state index contributed by atoms with van der Waals surface area (Å²) in [6.45, 7) is 1.61. The maximum absolute atomic E-state index is 12.7. The number of carbonyl (C=O) groups is 1. The van der Waals surface area contributed by atoms with Crippen LogP contribution in [0.2, 0.25) is 0 Å². The second kappa shape index (κ2) is 5.70. The normalized spacial score (nSPS) is 19.1. The third kappa shape index (κ3) is 3.41. The highest BCUT2D eigenvalue weighted by Crippen LogP contribution is 2.33. The molecule has 1 heterocycles. The lowest BCUT2D eigenvalue weighted by atomic mass is 10.1. The van der Waals surface area contributed by atoms with Crippen molar-refractivity contribution in [2.75, 3.05) is 25.5 Å². The number of nitrogens with one attached hydrogen (secondary N) is 1. The Morgan fingerprint density at radius 2 is 2.20 bits per heavy atom. The summed E-state index contributed by atoms with van der Waals surface area (Å²) in [5.74, 6) is -0.322. The first-order valence-corrected chi connectivity index (χ1v) is 6.20. The predicted molar refractivity (Wildman–Crippen MR) is 67.1 cm³/mol. The molecular weight excluding hydrogens is 273 g/mol. The van der Waals surface area contributed by atoms with E-state index >= 15 is 0 Å². The van der Waals surface area contributed by atoms with Gasteiger partial charge in [0, 0.05) is 30.3 Å². The molecule has 1 aliphatic rings. The monoisotopic (exact) mass is 288 g/mol. The van der Waals surface area contributed by atoms with Crippen molar-refractivity contribution in [2.45, 2.75) is 12.6 Å². The van der Waals surface area contributed by atoms with E-state index in [1.54, 1.807) is 0 Å². The summed E-state index contributed by atoms with van der Waals surface area (Å²) in [6.07, 6.45) is -3.73. The van der Waals surface area contributed by atoms with Gasteiger partial charge in [0.25, 0.3) is 5.91 Å². The van der Waals surface area contributed by atoms with Gasteiger partial charge < -0.3 is 15.8 Å². The molecule has 0 spiro atoms. The molecule has 7 heteroatoms. The molecule has 1 aromatic rings. The number of anilines is 1. The Hall–Kier alpha value is -1.76. The maximum Gasteiger partial charge on any atom is 0.418 e. The van der Waals surface area contributed by atoms with E-state index in [9.17, 15) is 18.0 Å². The predicted octanol–water partition coefficient (Wildman–Crippen LogP) is 2.05. The summed E-state index contributed by atoms with van der Waals surface area (Å²) in [6, 6.07) is 3.15. The Balaban J connectivity index is 2.06. The van der Waals surface area contributed by atoms with Crippen LogP contribution in [0.4, 0.5) is 18.9 Å². The molecular formula is C13H15F3N2O2. The topological polar surface area (TPSA) is 64.4 Å². The van der Waals surface area contributed by atoms with E-state index in [-0.39, 0.29) is 11.5 Å². The van der Waals surface area contributed by atoms with Gasteiger partial charge in [0.15, 0.2) is 0 Å². The van der Waals surface area contributed by atoms with Crippen LogP contribution in [0.25, 0.3) is 0 Å². The highest BCUT2D eigenvalue weighted by atomic mass is 19.4. The lowest BCUT2D eigenvalue weighted by Crippen LogP contribution is -2.29. The van der Waals surface area contributed by atoms with Crippen LogP contribution >= 0.6 is 0 Å². The summed E-state index contributed by atoms with van der Waals surface area (Å²) in [5.41, 5.74) is 3.85. The Bertz CT molecular complexity index is 497. The first-order valence-electron chi connectivity index (χ1n) is 6.20. The van der Waals surface area contributed by atoms with E-state index in [1.807, 2.05) is 0 Å². The van der Waals surface area contributed by atoms with Gasteiger partial charge in [-0.1, -0.05) is 0 Å².